The van der Waals surface area contributed by atoms with Crippen LogP contribution in [0.25, 0.3) is 21.8 Å². The highest BCUT2D eigenvalue weighted by Gasteiger charge is 2.07. The molecule has 1 heterocycles. The Morgan fingerprint density at radius 2 is 1.61 bits per heavy atom. The second-order valence-electron chi connectivity index (χ2n) is 7.16. The van der Waals surface area contributed by atoms with Crippen LogP contribution in [0.15, 0.2) is 84.2 Å². The van der Waals surface area contributed by atoms with Crippen molar-refractivity contribution in [3.05, 3.63) is 95.4 Å². The maximum atomic E-state index is 12.1. The zero-order valence-electron chi connectivity index (χ0n) is 17.4. The molecule has 0 atom stereocenters. The molecule has 1 N–H and O–H groups in total. The number of benzene rings is 3. The zero-order chi connectivity index (χ0) is 21.5. The van der Waals surface area contributed by atoms with Gasteiger partial charge in [-0.25, -0.2) is 4.98 Å². The van der Waals surface area contributed by atoms with Gasteiger partial charge in [0.05, 0.1) is 5.69 Å². The molecule has 0 spiro atoms. The van der Waals surface area contributed by atoms with Crippen molar-refractivity contribution in [3.63, 3.8) is 0 Å². The zero-order valence-corrected chi connectivity index (χ0v) is 18.2. The van der Waals surface area contributed by atoms with E-state index in [4.69, 9.17) is 9.72 Å². The van der Waals surface area contributed by atoms with Crippen LogP contribution >= 0.6 is 11.3 Å². The van der Waals surface area contributed by atoms with Crippen LogP contribution in [0.5, 0.6) is 5.75 Å². The summed E-state index contributed by atoms with van der Waals surface area (Å²) in [6.07, 6.45) is 0.982. The number of aromatic nitrogens is 1. The van der Waals surface area contributed by atoms with E-state index < -0.39 is 0 Å². The van der Waals surface area contributed by atoms with Gasteiger partial charge in [-0.3, -0.25) is 4.79 Å². The van der Waals surface area contributed by atoms with Gasteiger partial charge in [-0.2, -0.15) is 0 Å². The Morgan fingerprint density at radius 1 is 0.903 bits per heavy atom. The summed E-state index contributed by atoms with van der Waals surface area (Å²) < 4.78 is 5.55. The number of amides is 1. The Hall–Kier alpha value is -3.44. The van der Waals surface area contributed by atoms with E-state index in [9.17, 15) is 4.79 Å². The summed E-state index contributed by atoms with van der Waals surface area (Å²) in [5.41, 5.74) is 5.42. The molecule has 1 aromatic heterocycles. The highest BCUT2D eigenvalue weighted by molar-refractivity contribution is 7.13. The van der Waals surface area contributed by atoms with Crippen LogP contribution in [-0.2, 0) is 17.8 Å². The maximum absolute atomic E-state index is 12.1. The van der Waals surface area contributed by atoms with Crippen molar-refractivity contribution in [2.45, 2.75) is 19.9 Å². The molecule has 0 aliphatic carbocycles. The Balaban J connectivity index is 1.28. The lowest BCUT2D eigenvalue weighted by Gasteiger charge is -2.08. The molecule has 1 amide bonds. The number of hydrogen-bond acceptors (Lipinski definition) is 4. The monoisotopic (exact) mass is 428 g/mol. The summed E-state index contributed by atoms with van der Waals surface area (Å²) in [4.78, 5) is 16.8. The van der Waals surface area contributed by atoms with Crippen LogP contribution in [0.3, 0.4) is 0 Å². The van der Waals surface area contributed by atoms with Crippen molar-refractivity contribution in [2.24, 2.45) is 0 Å². The third-order valence-corrected chi connectivity index (χ3v) is 5.86. The van der Waals surface area contributed by atoms with Crippen molar-refractivity contribution in [1.29, 1.82) is 0 Å². The van der Waals surface area contributed by atoms with Crippen LogP contribution < -0.4 is 10.1 Å². The average Bonchev–Trinajstić information content (AvgIpc) is 3.33. The standard InChI is InChI=1S/C26H24N2O2S/c1-2-19-10-14-23(15-11-19)30-17-25(29)27-16-20-8-12-21(13-9-20)24-18-31-26(28-24)22-6-4-3-5-7-22/h3-15,18H,2,16-17H2,1H3,(H,27,29). The molecule has 0 bridgehead atoms. The third kappa shape index (κ3) is 5.58. The molecule has 0 aliphatic heterocycles. The highest BCUT2D eigenvalue weighted by Crippen LogP contribution is 2.28. The molecular formula is C26H24N2O2S. The van der Waals surface area contributed by atoms with Crippen LogP contribution in [0.1, 0.15) is 18.1 Å². The topological polar surface area (TPSA) is 51.2 Å². The van der Waals surface area contributed by atoms with Crippen molar-refractivity contribution >= 4 is 17.2 Å². The maximum Gasteiger partial charge on any atom is 0.258 e. The summed E-state index contributed by atoms with van der Waals surface area (Å²) in [5, 5.41) is 5.98. The molecule has 156 valence electrons. The van der Waals surface area contributed by atoms with Gasteiger partial charge in [-0.1, -0.05) is 73.7 Å². The first kappa shape index (κ1) is 20.8. The lowest BCUT2D eigenvalue weighted by Crippen LogP contribution is -2.28. The van der Waals surface area contributed by atoms with Gasteiger partial charge in [0.1, 0.15) is 10.8 Å². The molecule has 0 saturated carbocycles. The second kappa shape index (κ2) is 10.0. The van der Waals surface area contributed by atoms with E-state index in [1.54, 1.807) is 11.3 Å². The SMILES string of the molecule is CCc1ccc(OCC(=O)NCc2ccc(-c3csc(-c4ccccc4)n3)cc2)cc1. The first-order chi connectivity index (χ1) is 15.2. The Kier molecular flexibility index (Phi) is 6.75. The van der Waals surface area contributed by atoms with Crippen molar-refractivity contribution in [1.82, 2.24) is 10.3 Å². The van der Waals surface area contributed by atoms with E-state index in [1.165, 1.54) is 5.56 Å². The van der Waals surface area contributed by atoms with E-state index >= 15 is 0 Å². The quantitative estimate of drug-likeness (QED) is 0.390. The van der Waals surface area contributed by atoms with Crippen molar-refractivity contribution < 1.29 is 9.53 Å². The number of rotatable bonds is 8. The molecule has 4 rings (SSSR count). The molecule has 0 aliphatic rings. The number of aryl methyl sites for hydroxylation is 1. The smallest absolute Gasteiger partial charge is 0.258 e. The Labute approximate surface area is 186 Å². The summed E-state index contributed by atoms with van der Waals surface area (Å²) in [5.74, 6) is 0.561. The minimum absolute atomic E-state index is 0.00461. The fourth-order valence-corrected chi connectivity index (χ4v) is 3.97. The van der Waals surface area contributed by atoms with Crippen LogP contribution in [-0.4, -0.2) is 17.5 Å². The van der Waals surface area contributed by atoms with Crippen molar-refractivity contribution in [3.8, 4) is 27.6 Å². The van der Waals surface area contributed by atoms with Gasteiger partial charge < -0.3 is 10.1 Å². The molecule has 3 aromatic carbocycles. The van der Waals surface area contributed by atoms with Gasteiger partial charge in [0.25, 0.3) is 5.91 Å². The van der Waals surface area contributed by atoms with Gasteiger partial charge >= 0.3 is 0 Å². The molecule has 0 radical (unpaired) electrons. The predicted molar refractivity (Wildman–Crippen MR) is 126 cm³/mol. The van der Waals surface area contributed by atoms with Gasteiger partial charge in [-0.05, 0) is 29.7 Å². The van der Waals surface area contributed by atoms with Gasteiger partial charge in [0, 0.05) is 23.1 Å². The third-order valence-electron chi connectivity index (χ3n) is 4.97. The molecule has 31 heavy (non-hydrogen) atoms. The summed E-state index contributed by atoms with van der Waals surface area (Å²) in [6, 6.07) is 26.1. The summed E-state index contributed by atoms with van der Waals surface area (Å²) in [6.45, 7) is 2.57. The molecule has 0 unspecified atom stereocenters. The van der Waals surface area contributed by atoms with Gasteiger partial charge in [0.2, 0.25) is 0 Å². The van der Waals surface area contributed by atoms with E-state index in [-0.39, 0.29) is 12.5 Å². The van der Waals surface area contributed by atoms with E-state index in [2.05, 4.69) is 29.8 Å². The number of carbonyl (C=O) groups excluding carboxylic acids is 1. The molecule has 4 nitrogen and oxygen atoms in total. The first-order valence-corrected chi connectivity index (χ1v) is 11.2. The number of hydrogen-bond donors (Lipinski definition) is 1. The van der Waals surface area contributed by atoms with E-state index in [0.29, 0.717) is 12.3 Å². The van der Waals surface area contributed by atoms with E-state index in [0.717, 1.165) is 33.8 Å². The molecule has 5 heteroatoms. The molecule has 4 aromatic rings. The average molecular weight is 429 g/mol. The Morgan fingerprint density at radius 3 is 2.32 bits per heavy atom. The lowest BCUT2D eigenvalue weighted by atomic mass is 10.1. The van der Waals surface area contributed by atoms with Crippen LogP contribution in [0, 0.1) is 0 Å². The number of thiazole rings is 1. The highest BCUT2D eigenvalue weighted by atomic mass is 32.1. The largest absolute Gasteiger partial charge is 0.484 e. The fraction of sp³-hybridized carbons (Fsp3) is 0.154. The summed E-state index contributed by atoms with van der Waals surface area (Å²) in [7, 11) is 0. The number of carbonyl (C=O) groups is 1. The van der Waals surface area contributed by atoms with Crippen LogP contribution in [0.4, 0.5) is 0 Å². The normalized spacial score (nSPS) is 10.6. The minimum atomic E-state index is -0.143. The summed E-state index contributed by atoms with van der Waals surface area (Å²) >= 11 is 1.64. The van der Waals surface area contributed by atoms with Crippen molar-refractivity contribution in [2.75, 3.05) is 6.61 Å². The minimum Gasteiger partial charge on any atom is -0.484 e. The molecule has 0 saturated heterocycles. The number of ether oxygens (including phenoxy) is 1. The molecule has 0 fully saturated rings. The first-order valence-electron chi connectivity index (χ1n) is 10.3. The van der Waals surface area contributed by atoms with Gasteiger partial charge in [0.15, 0.2) is 6.61 Å². The molecular weight excluding hydrogens is 404 g/mol. The Bertz CT molecular complexity index is 1120. The fourth-order valence-electron chi connectivity index (χ4n) is 3.13. The lowest BCUT2D eigenvalue weighted by molar-refractivity contribution is -0.123. The van der Waals surface area contributed by atoms with E-state index in [1.807, 2.05) is 66.7 Å². The van der Waals surface area contributed by atoms with Gasteiger partial charge in [-0.15, -0.1) is 11.3 Å². The number of nitrogens with one attached hydrogen (secondary N) is 1. The second-order valence-corrected chi connectivity index (χ2v) is 8.02. The predicted octanol–water partition coefficient (Wildman–Crippen LogP) is 5.73. The number of nitrogens with zero attached hydrogens (tertiary/aromatic N) is 1. The van der Waals surface area contributed by atoms with Crippen LogP contribution in [0.2, 0.25) is 0 Å².